The summed E-state index contributed by atoms with van der Waals surface area (Å²) in [6, 6.07) is 7.64. The summed E-state index contributed by atoms with van der Waals surface area (Å²) in [5, 5.41) is 7.10. The number of nitrogens with one attached hydrogen (secondary N) is 3. The van der Waals surface area contributed by atoms with E-state index in [-0.39, 0.29) is 12.6 Å². The Bertz CT molecular complexity index is 587. The molecule has 1 aromatic rings. The molecule has 0 saturated carbocycles. The largest absolute Gasteiger partial charge is 0.357 e. The SMILES string of the molecule is CCNC(=NCCNS(C)(=O)=O)NC(C)c1ccc(Cl)cc1. The Kier molecular flexibility index (Phi) is 7.64. The lowest BCUT2D eigenvalue weighted by Crippen LogP contribution is -2.39. The molecular weight excluding hydrogens is 324 g/mol. The predicted molar refractivity (Wildman–Crippen MR) is 91.8 cm³/mol. The van der Waals surface area contributed by atoms with Crippen molar-refractivity contribution in [3.05, 3.63) is 34.9 Å². The van der Waals surface area contributed by atoms with Crippen molar-refractivity contribution >= 4 is 27.6 Å². The van der Waals surface area contributed by atoms with E-state index >= 15 is 0 Å². The molecule has 0 fully saturated rings. The highest BCUT2D eigenvalue weighted by molar-refractivity contribution is 7.88. The number of nitrogens with zero attached hydrogens (tertiary/aromatic N) is 1. The molecule has 0 amide bonds. The van der Waals surface area contributed by atoms with E-state index in [0.29, 0.717) is 17.5 Å². The third-order valence-electron chi connectivity index (χ3n) is 2.81. The van der Waals surface area contributed by atoms with Crippen LogP contribution in [0.4, 0.5) is 0 Å². The van der Waals surface area contributed by atoms with E-state index in [0.717, 1.165) is 18.4 Å². The molecule has 0 aliphatic heterocycles. The van der Waals surface area contributed by atoms with E-state index in [2.05, 4.69) is 20.3 Å². The maximum absolute atomic E-state index is 11.0. The highest BCUT2D eigenvalue weighted by atomic mass is 35.5. The lowest BCUT2D eigenvalue weighted by molar-refractivity contribution is 0.588. The van der Waals surface area contributed by atoms with Crippen LogP contribution in [0.1, 0.15) is 25.5 Å². The molecule has 124 valence electrons. The third-order valence-corrected chi connectivity index (χ3v) is 3.79. The number of halogens is 1. The molecule has 0 saturated heterocycles. The number of hydrogen-bond acceptors (Lipinski definition) is 3. The van der Waals surface area contributed by atoms with Gasteiger partial charge >= 0.3 is 0 Å². The van der Waals surface area contributed by atoms with Crippen LogP contribution in [-0.4, -0.2) is 40.3 Å². The fourth-order valence-electron chi connectivity index (χ4n) is 1.76. The average Bonchev–Trinajstić information content (AvgIpc) is 2.43. The summed E-state index contributed by atoms with van der Waals surface area (Å²) in [6.07, 6.45) is 1.13. The number of guanidine groups is 1. The highest BCUT2D eigenvalue weighted by Crippen LogP contribution is 2.15. The molecule has 6 nitrogen and oxygen atoms in total. The number of sulfonamides is 1. The monoisotopic (exact) mass is 346 g/mol. The molecule has 3 N–H and O–H groups in total. The van der Waals surface area contributed by atoms with Crippen molar-refractivity contribution in [2.45, 2.75) is 19.9 Å². The molecule has 0 radical (unpaired) electrons. The Balaban J connectivity index is 2.60. The van der Waals surface area contributed by atoms with Crippen molar-refractivity contribution in [1.82, 2.24) is 15.4 Å². The molecular formula is C14H23ClN4O2S. The average molecular weight is 347 g/mol. The lowest BCUT2D eigenvalue weighted by Gasteiger charge is -2.18. The minimum absolute atomic E-state index is 0.0536. The smallest absolute Gasteiger partial charge is 0.208 e. The first-order valence-corrected chi connectivity index (χ1v) is 9.33. The van der Waals surface area contributed by atoms with Crippen molar-refractivity contribution in [3.63, 3.8) is 0 Å². The van der Waals surface area contributed by atoms with Gasteiger partial charge in [0.2, 0.25) is 10.0 Å². The van der Waals surface area contributed by atoms with Crippen LogP contribution < -0.4 is 15.4 Å². The summed E-state index contributed by atoms with van der Waals surface area (Å²) in [7, 11) is -3.18. The normalized spacial score (nSPS) is 13.7. The van der Waals surface area contributed by atoms with Gasteiger partial charge in [0, 0.05) is 18.1 Å². The number of benzene rings is 1. The maximum Gasteiger partial charge on any atom is 0.208 e. The second-order valence-corrected chi connectivity index (χ2v) is 7.11. The van der Waals surface area contributed by atoms with Crippen LogP contribution in [0.15, 0.2) is 29.3 Å². The van der Waals surface area contributed by atoms with Crippen molar-refractivity contribution in [2.24, 2.45) is 4.99 Å². The Morgan fingerprint density at radius 1 is 1.32 bits per heavy atom. The predicted octanol–water partition coefficient (Wildman–Crippen LogP) is 1.51. The fourth-order valence-corrected chi connectivity index (χ4v) is 2.35. The van der Waals surface area contributed by atoms with Gasteiger partial charge in [-0.3, -0.25) is 4.99 Å². The minimum Gasteiger partial charge on any atom is -0.357 e. The molecule has 1 rings (SSSR count). The minimum atomic E-state index is -3.18. The molecule has 1 aromatic carbocycles. The third kappa shape index (κ3) is 7.63. The van der Waals surface area contributed by atoms with Gasteiger partial charge < -0.3 is 10.6 Å². The maximum atomic E-state index is 11.0. The van der Waals surface area contributed by atoms with Crippen LogP contribution in [0.2, 0.25) is 5.02 Å². The van der Waals surface area contributed by atoms with Crippen LogP contribution in [0, 0.1) is 0 Å². The molecule has 0 spiro atoms. The van der Waals surface area contributed by atoms with E-state index < -0.39 is 10.0 Å². The molecule has 1 unspecified atom stereocenters. The summed E-state index contributed by atoms with van der Waals surface area (Å²) < 4.78 is 24.4. The molecule has 0 aliphatic rings. The Morgan fingerprint density at radius 3 is 2.50 bits per heavy atom. The first-order chi connectivity index (χ1) is 10.3. The molecule has 0 aromatic heterocycles. The first kappa shape index (κ1) is 18.7. The van der Waals surface area contributed by atoms with Gasteiger partial charge in [-0.05, 0) is 31.5 Å². The number of rotatable bonds is 7. The van der Waals surface area contributed by atoms with E-state index in [4.69, 9.17) is 11.6 Å². The molecule has 1 atom stereocenters. The zero-order valence-corrected chi connectivity index (χ0v) is 14.6. The molecule has 0 heterocycles. The second kappa shape index (κ2) is 8.97. The Labute approximate surface area is 137 Å². The molecule has 8 heteroatoms. The van der Waals surface area contributed by atoms with E-state index in [1.807, 2.05) is 38.1 Å². The second-order valence-electron chi connectivity index (χ2n) is 4.84. The van der Waals surface area contributed by atoms with Crippen molar-refractivity contribution in [3.8, 4) is 0 Å². The quantitative estimate of drug-likeness (QED) is 0.397. The van der Waals surface area contributed by atoms with Gasteiger partial charge in [0.05, 0.1) is 18.8 Å². The van der Waals surface area contributed by atoms with Crippen LogP contribution in [-0.2, 0) is 10.0 Å². The fraction of sp³-hybridized carbons (Fsp3) is 0.500. The lowest BCUT2D eigenvalue weighted by atomic mass is 10.1. The summed E-state index contributed by atoms with van der Waals surface area (Å²) in [6.45, 7) is 5.34. The van der Waals surface area contributed by atoms with Crippen molar-refractivity contribution in [1.29, 1.82) is 0 Å². The highest BCUT2D eigenvalue weighted by Gasteiger charge is 2.07. The van der Waals surface area contributed by atoms with Gasteiger partial charge in [0.25, 0.3) is 0 Å². The molecule has 22 heavy (non-hydrogen) atoms. The Hall–Kier alpha value is -1.31. The topological polar surface area (TPSA) is 82.6 Å². The van der Waals surface area contributed by atoms with Gasteiger partial charge in [0.1, 0.15) is 0 Å². The zero-order chi connectivity index (χ0) is 16.6. The van der Waals surface area contributed by atoms with Gasteiger partial charge in [-0.2, -0.15) is 0 Å². The van der Waals surface area contributed by atoms with Crippen LogP contribution in [0.5, 0.6) is 0 Å². The summed E-state index contributed by atoms with van der Waals surface area (Å²) in [4.78, 5) is 4.34. The standard InChI is InChI=1S/C14H23ClN4O2S/c1-4-16-14(17-9-10-18-22(3,20)21)19-11(2)12-5-7-13(15)8-6-12/h5-8,11,18H,4,9-10H2,1-3H3,(H2,16,17,19). The van der Waals surface area contributed by atoms with Gasteiger partial charge in [-0.25, -0.2) is 13.1 Å². The number of aliphatic imine (C=N–C) groups is 1. The van der Waals surface area contributed by atoms with Crippen molar-refractivity contribution in [2.75, 3.05) is 25.9 Å². The first-order valence-electron chi connectivity index (χ1n) is 7.06. The molecule has 0 aliphatic carbocycles. The Morgan fingerprint density at radius 2 is 1.95 bits per heavy atom. The zero-order valence-electron chi connectivity index (χ0n) is 13.1. The van der Waals surface area contributed by atoms with E-state index in [1.165, 1.54) is 0 Å². The summed E-state index contributed by atoms with van der Waals surface area (Å²) >= 11 is 5.88. The summed E-state index contributed by atoms with van der Waals surface area (Å²) in [5.41, 5.74) is 1.09. The van der Waals surface area contributed by atoms with E-state index in [9.17, 15) is 8.42 Å². The van der Waals surface area contributed by atoms with Crippen LogP contribution in [0.3, 0.4) is 0 Å². The summed E-state index contributed by atoms with van der Waals surface area (Å²) in [5.74, 6) is 0.639. The van der Waals surface area contributed by atoms with Crippen molar-refractivity contribution < 1.29 is 8.42 Å². The number of hydrogen-bond donors (Lipinski definition) is 3. The molecule has 0 bridgehead atoms. The van der Waals surface area contributed by atoms with Gasteiger partial charge in [-0.15, -0.1) is 0 Å². The van der Waals surface area contributed by atoms with Gasteiger partial charge in [0.15, 0.2) is 5.96 Å². The van der Waals surface area contributed by atoms with Crippen LogP contribution >= 0.6 is 11.6 Å². The van der Waals surface area contributed by atoms with Crippen LogP contribution in [0.25, 0.3) is 0 Å². The van der Waals surface area contributed by atoms with Gasteiger partial charge in [-0.1, -0.05) is 23.7 Å². The van der Waals surface area contributed by atoms with E-state index in [1.54, 1.807) is 0 Å².